The maximum Gasteiger partial charge on any atom is 0.109 e. The maximum absolute atomic E-state index is 9.14. The van der Waals surface area contributed by atoms with Crippen molar-refractivity contribution < 1.29 is 5.11 Å². The largest absolute Gasteiger partial charge is 0.392 e. The molecule has 0 amide bonds. The van der Waals surface area contributed by atoms with Crippen molar-refractivity contribution in [3.8, 4) is 0 Å². The molecule has 0 unspecified atom stereocenters. The standard InChI is InChI=1S/C9H15BrN2O/c1-6(2)4-8-7(5-13)9(10)12(3)11-8/h6,13H,4-5H2,1-3H3. The number of halogens is 1. The van der Waals surface area contributed by atoms with E-state index in [1.165, 1.54) is 0 Å². The zero-order valence-corrected chi connectivity index (χ0v) is 9.80. The lowest BCUT2D eigenvalue weighted by Crippen LogP contribution is -1.99. The van der Waals surface area contributed by atoms with Crippen LogP contribution in [-0.4, -0.2) is 14.9 Å². The zero-order chi connectivity index (χ0) is 10.0. The van der Waals surface area contributed by atoms with Crippen LogP contribution in [0.5, 0.6) is 0 Å². The summed E-state index contributed by atoms with van der Waals surface area (Å²) in [6, 6.07) is 0. The molecule has 1 N–H and O–H groups in total. The van der Waals surface area contributed by atoms with Crippen molar-refractivity contribution >= 4 is 15.9 Å². The molecule has 0 aliphatic heterocycles. The van der Waals surface area contributed by atoms with E-state index in [0.717, 1.165) is 22.3 Å². The van der Waals surface area contributed by atoms with E-state index < -0.39 is 0 Å². The summed E-state index contributed by atoms with van der Waals surface area (Å²) in [6.45, 7) is 4.34. The molecule has 0 fully saturated rings. The Morgan fingerprint density at radius 2 is 2.15 bits per heavy atom. The van der Waals surface area contributed by atoms with Crippen LogP contribution in [0.1, 0.15) is 25.1 Å². The van der Waals surface area contributed by atoms with Crippen molar-refractivity contribution in [1.29, 1.82) is 0 Å². The first-order chi connectivity index (χ1) is 6.06. The predicted molar refractivity (Wildman–Crippen MR) is 55.4 cm³/mol. The van der Waals surface area contributed by atoms with Gasteiger partial charge in [0.05, 0.1) is 12.3 Å². The van der Waals surface area contributed by atoms with Crippen molar-refractivity contribution in [2.24, 2.45) is 13.0 Å². The van der Waals surface area contributed by atoms with Gasteiger partial charge in [0, 0.05) is 12.6 Å². The van der Waals surface area contributed by atoms with E-state index in [1.807, 2.05) is 7.05 Å². The van der Waals surface area contributed by atoms with Gasteiger partial charge < -0.3 is 5.11 Å². The van der Waals surface area contributed by atoms with Gasteiger partial charge >= 0.3 is 0 Å². The number of aliphatic hydroxyl groups excluding tert-OH is 1. The molecule has 0 aromatic carbocycles. The van der Waals surface area contributed by atoms with Gasteiger partial charge in [-0.2, -0.15) is 5.10 Å². The van der Waals surface area contributed by atoms with Crippen LogP contribution in [0.25, 0.3) is 0 Å². The Morgan fingerprint density at radius 1 is 1.54 bits per heavy atom. The molecule has 0 radical (unpaired) electrons. The first-order valence-corrected chi connectivity index (χ1v) is 5.16. The summed E-state index contributed by atoms with van der Waals surface area (Å²) in [6.07, 6.45) is 0.912. The van der Waals surface area contributed by atoms with E-state index in [2.05, 4.69) is 34.9 Å². The van der Waals surface area contributed by atoms with Crippen LogP contribution >= 0.6 is 15.9 Å². The van der Waals surface area contributed by atoms with Crippen LogP contribution in [-0.2, 0) is 20.1 Å². The monoisotopic (exact) mass is 246 g/mol. The molecule has 13 heavy (non-hydrogen) atoms. The third-order valence-electron chi connectivity index (χ3n) is 1.91. The average Bonchev–Trinajstić information content (AvgIpc) is 2.27. The number of aliphatic hydroxyl groups is 1. The van der Waals surface area contributed by atoms with Gasteiger partial charge in [0.15, 0.2) is 0 Å². The molecule has 0 spiro atoms. The summed E-state index contributed by atoms with van der Waals surface area (Å²) in [4.78, 5) is 0. The molecule has 74 valence electrons. The van der Waals surface area contributed by atoms with Gasteiger partial charge in [-0.15, -0.1) is 0 Å². The Balaban J connectivity index is 2.99. The zero-order valence-electron chi connectivity index (χ0n) is 8.21. The van der Waals surface area contributed by atoms with E-state index >= 15 is 0 Å². The van der Waals surface area contributed by atoms with Gasteiger partial charge in [0.25, 0.3) is 0 Å². The number of hydrogen-bond acceptors (Lipinski definition) is 2. The number of aryl methyl sites for hydroxylation is 1. The summed E-state index contributed by atoms with van der Waals surface area (Å²) in [5, 5.41) is 13.5. The number of nitrogens with zero attached hydrogens (tertiary/aromatic N) is 2. The van der Waals surface area contributed by atoms with Crippen molar-refractivity contribution in [3.05, 3.63) is 15.9 Å². The minimum atomic E-state index is 0.0521. The SMILES string of the molecule is CC(C)Cc1nn(C)c(Br)c1CO. The highest BCUT2D eigenvalue weighted by Crippen LogP contribution is 2.21. The van der Waals surface area contributed by atoms with Crippen molar-refractivity contribution in [3.63, 3.8) is 0 Å². The summed E-state index contributed by atoms with van der Waals surface area (Å²) in [7, 11) is 1.87. The average molecular weight is 247 g/mol. The Morgan fingerprint density at radius 3 is 2.62 bits per heavy atom. The van der Waals surface area contributed by atoms with Crippen LogP contribution in [0.3, 0.4) is 0 Å². The van der Waals surface area contributed by atoms with E-state index in [1.54, 1.807) is 4.68 Å². The molecule has 1 aromatic heterocycles. The lowest BCUT2D eigenvalue weighted by Gasteiger charge is -2.02. The van der Waals surface area contributed by atoms with Gasteiger partial charge in [0.1, 0.15) is 4.60 Å². The van der Waals surface area contributed by atoms with Crippen LogP contribution in [0.2, 0.25) is 0 Å². The first kappa shape index (κ1) is 10.7. The Bertz CT molecular complexity index is 294. The van der Waals surface area contributed by atoms with Crippen LogP contribution < -0.4 is 0 Å². The number of hydrogen-bond donors (Lipinski definition) is 1. The summed E-state index contributed by atoms with van der Waals surface area (Å²) < 4.78 is 2.63. The smallest absolute Gasteiger partial charge is 0.109 e. The lowest BCUT2D eigenvalue weighted by molar-refractivity contribution is 0.279. The molecule has 1 aromatic rings. The van der Waals surface area contributed by atoms with Crippen molar-refractivity contribution in [2.75, 3.05) is 0 Å². The molecule has 0 bridgehead atoms. The molecule has 1 rings (SSSR count). The minimum absolute atomic E-state index is 0.0521. The van der Waals surface area contributed by atoms with Gasteiger partial charge in [-0.3, -0.25) is 4.68 Å². The predicted octanol–water partition coefficient (Wildman–Crippen LogP) is 1.87. The maximum atomic E-state index is 9.14. The van der Waals surface area contributed by atoms with Crippen molar-refractivity contribution in [2.45, 2.75) is 26.9 Å². The van der Waals surface area contributed by atoms with Crippen LogP contribution in [0.4, 0.5) is 0 Å². The topological polar surface area (TPSA) is 38.0 Å². The normalized spacial score (nSPS) is 11.2. The highest BCUT2D eigenvalue weighted by molar-refractivity contribution is 9.10. The molecular weight excluding hydrogens is 232 g/mol. The molecule has 3 nitrogen and oxygen atoms in total. The Hall–Kier alpha value is -0.350. The highest BCUT2D eigenvalue weighted by atomic mass is 79.9. The molecule has 0 aliphatic rings. The molecule has 0 saturated carbocycles. The number of rotatable bonds is 3. The summed E-state index contributed by atoms with van der Waals surface area (Å²) >= 11 is 3.39. The number of aromatic nitrogens is 2. The third kappa shape index (κ3) is 2.31. The third-order valence-corrected chi connectivity index (χ3v) is 2.90. The minimum Gasteiger partial charge on any atom is -0.392 e. The second-order valence-corrected chi connectivity index (χ2v) is 4.35. The summed E-state index contributed by atoms with van der Waals surface area (Å²) in [5.74, 6) is 0.562. The highest BCUT2D eigenvalue weighted by Gasteiger charge is 2.13. The van der Waals surface area contributed by atoms with E-state index in [-0.39, 0.29) is 6.61 Å². The van der Waals surface area contributed by atoms with Crippen molar-refractivity contribution in [1.82, 2.24) is 9.78 Å². The van der Waals surface area contributed by atoms with Gasteiger partial charge in [-0.1, -0.05) is 13.8 Å². The molecule has 0 aliphatic carbocycles. The fourth-order valence-corrected chi connectivity index (χ4v) is 1.74. The van der Waals surface area contributed by atoms with E-state index in [0.29, 0.717) is 5.92 Å². The molecule has 4 heteroatoms. The fourth-order valence-electron chi connectivity index (χ4n) is 1.31. The quantitative estimate of drug-likeness (QED) is 0.885. The fraction of sp³-hybridized carbons (Fsp3) is 0.667. The Kier molecular flexibility index (Phi) is 3.50. The van der Waals surface area contributed by atoms with Gasteiger partial charge in [-0.25, -0.2) is 0 Å². The lowest BCUT2D eigenvalue weighted by atomic mass is 10.1. The van der Waals surface area contributed by atoms with E-state index in [9.17, 15) is 0 Å². The molecule has 0 saturated heterocycles. The summed E-state index contributed by atoms with van der Waals surface area (Å²) in [5.41, 5.74) is 1.91. The van der Waals surface area contributed by atoms with Crippen LogP contribution in [0, 0.1) is 5.92 Å². The first-order valence-electron chi connectivity index (χ1n) is 4.37. The van der Waals surface area contributed by atoms with Gasteiger partial charge in [0.2, 0.25) is 0 Å². The second-order valence-electron chi connectivity index (χ2n) is 3.60. The van der Waals surface area contributed by atoms with Gasteiger partial charge in [-0.05, 0) is 28.3 Å². The second kappa shape index (κ2) is 4.24. The van der Waals surface area contributed by atoms with E-state index in [4.69, 9.17) is 5.11 Å². The molecule has 0 atom stereocenters. The molecular formula is C9H15BrN2O. The molecule has 1 heterocycles. The Labute approximate surface area is 86.9 Å². The van der Waals surface area contributed by atoms with Crippen LogP contribution in [0.15, 0.2) is 4.60 Å².